The molecule has 134 valence electrons. The summed E-state index contributed by atoms with van der Waals surface area (Å²) in [4.78, 5) is 14.3. The van der Waals surface area contributed by atoms with Gasteiger partial charge in [0.05, 0.1) is 11.8 Å². The van der Waals surface area contributed by atoms with Crippen molar-refractivity contribution in [2.45, 2.75) is 45.3 Å². The minimum absolute atomic E-state index is 0.0476. The summed E-state index contributed by atoms with van der Waals surface area (Å²) in [6, 6.07) is 7.73. The Bertz CT molecular complexity index is 759. The molecule has 0 saturated carbocycles. The number of aromatic nitrogens is 2. The van der Waals surface area contributed by atoms with E-state index in [-0.39, 0.29) is 17.9 Å². The van der Waals surface area contributed by atoms with E-state index < -0.39 is 6.10 Å². The maximum Gasteiger partial charge on any atom is 0.323 e. The largest absolute Gasteiger partial charge is 0.393 e. The Hall–Kier alpha value is -2.41. The number of likely N-dealkylation sites (tertiary alicyclic amines) is 1. The lowest BCUT2D eigenvalue weighted by Crippen LogP contribution is -2.40. The molecule has 7 heteroatoms. The van der Waals surface area contributed by atoms with Crippen molar-refractivity contribution in [1.29, 1.82) is 0 Å². The normalized spacial score (nSPS) is 18.4. The fraction of sp³-hybridized carbons (Fsp3) is 0.444. The van der Waals surface area contributed by atoms with Gasteiger partial charge in [0.15, 0.2) is 5.82 Å². The number of aliphatic hydroxyl groups excluding tert-OH is 1. The Labute approximate surface area is 146 Å². The molecule has 1 aromatic carbocycles. The standard InChI is InChI=1S/C18H23FN4O2/c1-12-9-17(21-23(12)16-6-3-5-14(19)11-16)20-18(25)22-8-4-7-15(22)10-13(2)24/h3,5-6,9,11,13,15,24H,4,7-8,10H2,1-2H3,(H,20,21,25). The first kappa shape index (κ1) is 17.4. The number of hydrogen-bond donors (Lipinski definition) is 2. The van der Waals surface area contributed by atoms with Crippen molar-refractivity contribution in [2.75, 3.05) is 11.9 Å². The van der Waals surface area contributed by atoms with E-state index in [1.807, 2.05) is 6.92 Å². The number of aryl methyl sites for hydroxylation is 1. The van der Waals surface area contributed by atoms with Crippen LogP contribution < -0.4 is 5.32 Å². The summed E-state index contributed by atoms with van der Waals surface area (Å²) in [5.74, 6) is 0.0884. The molecular weight excluding hydrogens is 323 g/mol. The van der Waals surface area contributed by atoms with Crippen LogP contribution in [0.1, 0.15) is 31.9 Å². The second kappa shape index (κ2) is 7.23. The van der Waals surface area contributed by atoms with Gasteiger partial charge in [-0.2, -0.15) is 0 Å². The minimum Gasteiger partial charge on any atom is -0.393 e. The third kappa shape index (κ3) is 3.99. The van der Waals surface area contributed by atoms with Crippen LogP contribution >= 0.6 is 0 Å². The zero-order valence-corrected chi connectivity index (χ0v) is 14.4. The molecular formula is C18H23FN4O2. The maximum atomic E-state index is 13.4. The number of carbonyl (C=O) groups is 1. The molecule has 1 aliphatic heterocycles. The number of amides is 2. The first-order valence-corrected chi connectivity index (χ1v) is 8.52. The van der Waals surface area contributed by atoms with Crippen molar-refractivity contribution in [3.8, 4) is 5.69 Å². The Morgan fingerprint density at radius 1 is 1.48 bits per heavy atom. The average molecular weight is 346 g/mol. The molecule has 1 saturated heterocycles. The van der Waals surface area contributed by atoms with Gasteiger partial charge in [0, 0.05) is 24.3 Å². The molecule has 0 spiro atoms. The van der Waals surface area contributed by atoms with E-state index in [0.717, 1.165) is 18.5 Å². The van der Waals surface area contributed by atoms with Crippen LogP contribution in [-0.4, -0.2) is 44.5 Å². The topological polar surface area (TPSA) is 70.4 Å². The van der Waals surface area contributed by atoms with Gasteiger partial charge in [-0.15, -0.1) is 5.10 Å². The van der Waals surface area contributed by atoms with E-state index in [9.17, 15) is 14.3 Å². The molecule has 2 atom stereocenters. The van der Waals surface area contributed by atoms with E-state index in [0.29, 0.717) is 24.5 Å². The Balaban J connectivity index is 1.73. The summed E-state index contributed by atoms with van der Waals surface area (Å²) in [5, 5.41) is 16.8. The quantitative estimate of drug-likeness (QED) is 0.894. The molecule has 0 bridgehead atoms. The van der Waals surface area contributed by atoms with Gasteiger partial charge < -0.3 is 10.0 Å². The highest BCUT2D eigenvalue weighted by molar-refractivity contribution is 5.88. The van der Waals surface area contributed by atoms with Crippen LogP contribution in [0.2, 0.25) is 0 Å². The summed E-state index contributed by atoms with van der Waals surface area (Å²) < 4.78 is 15.0. The third-order valence-electron chi connectivity index (χ3n) is 4.43. The molecule has 2 unspecified atom stereocenters. The predicted octanol–water partition coefficient (Wildman–Crippen LogP) is 3.09. The van der Waals surface area contributed by atoms with E-state index in [1.54, 1.807) is 34.7 Å². The van der Waals surface area contributed by atoms with Crippen molar-refractivity contribution in [1.82, 2.24) is 14.7 Å². The lowest BCUT2D eigenvalue weighted by Gasteiger charge is -2.25. The number of aliphatic hydroxyl groups is 1. The highest BCUT2D eigenvalue weighted by Gasteiger charge is 2.30. The molecule has 2 aromatic rings. The molecule has 2 heterocycles. The minimum atomic E-state index is -0.437. The van der Waals surface area contributed by atoms with Gasteiger partial charge in [0.1, 0.15) is 5.82 Å². The maximum absolute atomic E-state index is 13.4. The second-order valence-electron chi connectivity index (χ2n) is 6.57. The van der Waals surface area contributed by atoms with E-state index >= 15 is 0 Å². The van der Waals surface area contributed by atoms with Gasteiger partial charge in [0.25, 0.3) is 0 Å². The molecule has 1 aliphatic rings. The summed E-state index contributed by atoms with van der Waals surface area (Å²) in [6.45, 7) is 4.25. The van der Waals surface area contributed by atoms with Crippen LogP contribution in [0.15, 0.2) is 30.3 Å². The SMILES string of the molecule is Cc1cc(NC(=O)N2CCCC2CC(C)O)nn1-c1cccc(F)c1. The molecule has 2 amide bonds. The Morgan fingerprint density at radius 3 is 3.00 bits per heavy atom. The lowest BCUT2D eigenvalue weighted by molar-refractivity contribution is 0.142. The fourth-order valence-corrected chi connectivity index (χ4v) is 3.33. The molecule has 0 aliphatic carbocycles. The highest BCUT2D eigenvalue weighted by Crippen LogP contribution is 2.23. The van der Waals surface area contributed by atoms with Gasteiger partial charge in [-0.05, 0) is 51.3 Å². The van der Waals surface area contributed by atoms with Crippen LogP contribution in [-0.2, 0) is 0 Å². The molecule has 25 heavy (non-hydrogen) atoms. The lowest BCUT2D eigenvalue weighted by atomic mass is 10.1. The summed E-state index contributed by atoms with van der Waals surface area (Å²) >= 11 is 0. The van der Waals surface area contributed by atoms with Crippen LogP contribution in [0, 0.1) is 12.7 Å². The number of benzene rings is 1. The third-order valence-corrected chi connectivity index (χ3v) is 4.43. The summed E-state index contributed by atoms with van der Waals surface area (Å²) in [6.07, 6.45) is 1.97. The zero-order valence-electron chi connectivity index (χ0n) is 14.4. The average Bonchev–Trinajstić information content (AvgIpc) is 3.13. The van der Waals surface area contributed by atoms with Crippen LogP contribution in [0.25, 0.3) is 5.69 Å². The number of nitrogens with zero attached hydrogens (tertiary/aromatic N) is 3. The molecule has 0 radical (unpaired) electrons. The number of hydrogen-bond acceptors (Lipinski definition) is 3. The van der Waals surface area contributed by atoms with Crippen molar-refractivity contribution < 1.29 is 14.3 Å². The first-order valence-electron chi connectivity index (χ1n) is 8.52. The van der Waals surface area contributed by atoms with Crippen molar-refractivity contribution >= 4 is 11.8 Å². The first-order chi connectivity index (χ1) is 11.9. The predicted molar refractivity (Wildman–Crippen MR) is 93.3 cm³/mol. The Kier molecular flexibility index (Phi) is 5.03. The van der Waals surface area contributed by atoms with Gasteiger partial charge in [-0.1, -0.05) is 6.07 Å². The summed E-state index contributed by atoms with van der Waals surface area (Å²) in [7, 11) is 0. The van der Waals surface area contributed by atoms with Gasteiger partial charge in [0.2, 0.25) is 0 Å². The van der Waals surface area contributed by atoms with Gasteiger partial charge in [-0.3, -0.25) is 5.32 Å². The molecule has 6 nitrogen and oxygen atoms in total. The van der Waals surface area contributed by atoms with Crippen LogP contribution in [0.4, 0.5) is 15.0 Å². The van der Waals surface area contributed by atoms with Crippen molar-refractivity contribution in [2.24, 2.45) is 0 Å². The van der Waals surface area contributed by atoms with Crippen LogP contribution in [0.3, 0.4) is 0 Å². The number of anilines is 1. The molecule has 3 rings (SSSR count). The number of rotatable bonds is 4. The number of urea groups is 1. The molecule has 1 fully saturated rings. The smallest absolute Gasteiger partial charge is 0.323 e. The van der Waals surface area contributed by atoms with Gasteiger partial charge >= 0.3 is 6.03 Å². The zero-order chi connectivity index (χ0) is 18.0. The second-order valence-corrected chi connectivity index (χ2v) is 6.57. The number of carbonyl (C=O) groups excluding carboxylic acids is 1. The fourth-order valence-electron chi connectivity index (χ4n) is 3.33. The van der Waals surface area contributed by atoms with Gasteiger partial charge in [-0.25, -0.2) is 13.9 Å². The molecule has 2 N–H and O–H groups in total. The Morgan fingerprint density at radius 2 is 2.28 bits per heavy atom. The van der Waals surface area contributed by atoms with E-state index in [1.165, 1.54) is 12.1 Å². The van der Waals surface area contributed by atoms with Crippen molar-refractivity contribution in [3.63, 3.8) is 0 Å². The van der Waals surface area contributed by atoms with E-state index in [4.69, 9.17) is 0 Å². The van der Waals surface area contributed by atoms with Crippen molar-refractivity contribution in [3.05, 3.63) is 41.8 Å². The highest BCUT2D eigenvalue weighted by atomic mass is 19.1. The van der Waals surface area contributed by atoms with E-state index in [2.05, 4.69) is 10.4 Å². The molecule has 1 aromatic heterocycles. The monoisotopic (exact) mass is 346 g/mol. The summed E-state index contributed by atoms with van der Waals surface area (Å²) in [5.41, 5.74) is 1.40. The number of nitrogens with one attached hydrogen (secondary N) is 1. The van der Waals surface area contributed by atoms with Crippen LogP contribution in [0.5, 0.6) is 0 Å². The number of halogens is 1.